The largest absolute Gasteiger partial charge is 0.350 e. The smallest absolute Gasteiger partial charge is 0.264 e. The highest BCUT2D eigenvalue weighted by atomic mass is 32.2. The van der Waals surface area contributed by atoms with Gasteiger partial charge in [-0.15, -0.1) is 0 Å². The number of carbonyl (C=O) groups is 1. The van der Waals surface area contributed by atoms with Gasteiger partial charge in [-0.1, -0.05) is 12.1 Å². The molecule has 0 aliphatic rings. The molecular formula is C17H18N4O4S. The minimum Gasteiger partial charge on any atom is -0.350 e. The third kappa shape index (κ3) is 3.52. The molecule has 3 aromatic rings. The highest BCUT2D eigenvalue weighted by Gasteiger charge is 2.21. The molecule has 0 atom stereocenters. The van der Waals surface area contributed by atoms with Crippen LogP contribution in [0.4, 0.5) is 5.69 Å². The molecule has 1 aromatic heterocycles. The van der Waals surface area contributed by atoms with Crippen LogP contribution in [0.3, 0.4) is 0 Å². The average Bonchev–Trinajstić information content (AvgIpc) is 3.04. The lowest BCUT2D eigenvalue weighted by atomic mass is 10.1. The molecule has 0 radical (unpaired) electrons. The highest BCUT2D eigenvalue weighted by Crippen LogP contribution is 2.24. The van der Waals surface area contributed by atoms with Gasteiger partial charge in [-0.25, -0.2) is 13.0 Å². The summed E-state index contributed by atoms with van der Waals surface area (Å²) in [7, 11) is -3.93. The summed E-state index contributed by atoms with van der Waals surface area (Å²) in [5.74, 6) is -0.263. The van der Waals surface area contributed by atoms with Crippen molar-refractivity contribution in [2.24, 2.45) is 0 Å². The van der Waals surface area contributed by atoms with Crippen LogP contribution in [0, 0.1) is 6.92 Å². The van der Waals surface area contributed by atoms with Gasteiger partial charge in [0, 0.05) is 17.3 Å². The number of anilines is 1. The monoisotopic (exact) mass is 374 g/mol. The SMILES string of the molecule is Cc1ccc(NS(=O)(=O)c2cccc3nonc23)cc1C(=O)NC(C)C. The van der Waals surface area contributed by atoms with E-state index in [1.54, 1.807) is 31.2 Å². The summed E-state index contributed by atoms with van der Waals surface area (Å²) in [5, 5.41) is 10.1. The third-order valence-corrected chi connectivity index (χ3v) is 5.11. The van der Waals surface area contributed by atoms with E-state index in [4.69, 9.17) is 0 Å². The molecule has 1 amide bonds. The second-order valence-electron chi connectivity index (χ2n) is 6.15. The predicted molar refractivity (Wildman–Crippen MR) is 96.4 cm³/mol. The first-order chi connectivity index (χ1) is 12.3. The molecule has 0 saturated carbocycles. The van der Waals surface area contributed by atoms with Crippen molar-refractivity contribution in [2.75, 3.05) is 4.72 Å². The van der Waals surface area contributed by atoms with Gasteiger partial charge in [-0.05, 0) is 60.9 Å². The molecule has 9 heteroatoms. The van der Waals surface area contributed by atoms with Crippen molar-refractivity contribution in [3.05, 3.63) is 47.5 Å². The number of hydrogen-bond acceptors (Lipinski definition) is 6. The molecule has 0 bridgehead atoms. The maximum Gasteiger partial charge on any atom is 0.264 e. The van der Waals surface area contributed by atoms with Crippen molar-refractivity contribution in [3.63, 3.8) is 0 Å². The predicted octanol–water partition coefficient (Wildman–Crippen LogP) is 2.47. The summed E-state index contributed by atoms with van der Waals surface area (Å²) in [6.07, 6.45) is 0. The van der Waals surface area contributed by atoms with Crippen LogP contribution in [0.25, 0.3) is 11.0 Å². The molecular weight excluding hydrogens is 356 g/mol. The Kier molecular flexibility index (Phi) is 4.64. The second kappa shape index (κ2) is 6.75. The van der Waals surface area contributed by atoms with Gasteiger partial charge in [-0.3, -0.25) is 9.52 Å². The Morgan fingerprint density at radius 3 is 2.65 bits per heavy atom. The fraction of sp³-hybridized carbons (Fsp3) is 0.235. The van der Waals surface area contributed by atoms with Gasteiger partial charge in [0.1, 0.15) is 10.4 Å². The lowest BCUT2D eigenvalue weighted by Crippen LogP contribution is -2.30. The zero-order valence-corrected chi connectivity index (χ0v) is 15.3. The number of fused-ring (bicyclic) bond motifs is 1. The summed E-state index contributed by atoms with van der Waals surface area (Å²) < 4.78 is 32.6. The number of benzene rings is 2. The van der Waals surface area contributed by atoms with Gasteiger partial charge < -0.3 is 5.32 Å². The van der Waals surface area contributed by atoms with Crippen molar-refractivity contribution in [3.8, 4) is 0 Å². The molecule has 0 aliphatic heterocycles. The van der Waals surface area contributed by atoms with E-state index in [1.165, 1.54) is 12.1 Å². The molecule has 136 valence electrons. The van der Waals surface area contributed by atoms with Gasteiger partial charge in [0.2, 0.25) is 0 Å². The number of aromatic nitrogens is 2. The number of amides is 1. The first-order valence-electron chi connectivity index (χ1n) is 7.93. The molecule has 0 aliphatic carbocycles. The minimum absolute atomic E-state index is 0.0282. The first kappa shape index (κ1) is 17.9. The Labute approximate surface area is 150 Å². The zero-order valence-electron chi connectivity index (χ0n) is 14.5. The average molecular weight is 374 g/mol. The van der Waals surface area contributed by atoms with E-state index < -0.39 is 10.0 Å². The van der Waals surface area contributed by atoms with Gasteiger partial charge in [-0.2, -0.15) is 0 Å². The first-order valence-corrected chi connectivity index (χ1v) is 9.42. The van der Waals surface area contributed by atoms with E-state index in [9.17, 15) is 13.2 Å². The maximum absolute atomic E-state index is 12.7. The summed E-state index contributed by atoms with van der Waals surface area (Å²) in [6.45, 7) is 5.49. The van der Waals surface area contributed by atoms with Crippen LogP contribution in [0.15, 0.2) is 45.9 Å². The molecule has 26 heavy (non-hydrogen) atoms. The topological polar surface area (TPSA) is 114 Å². The van der Waals surface area contributed by atoms with Crippen molar-refractivity contribution in [1.29, 1.82) is 0 Å². The quantitative estimate of drug-likeness (QED) is 0.709. The molecule has 0 saturated heterocycles. The molecule has 0 unspecified atom stereocenters. The van der Waals surface area contributed by atoms with Crippen LogP contribution >= 0.6 is 0 Å². The fourth-order valence-corrected chi connectivity index (χ4v) is 3.68. The molecule has 0 fully saturated rings. The van der Waals surface area contributed by atoms with Crippen molar-refractivity contribution in [2.45, 2.75) is 31.7 Å². The van der Waals surface area contributed by atoms with Gasteiger partial charge in [0.15, 0.2) is 5.52 Å². The van der Waals surface area contributed by atoms with Crippen LogP contribution in [0.5, 0.6) is 0 Å². The highest BCUT2D eigenvalue weighted by molar-refractivity contribution is 7.93. The van der Waals surface area contributed by atoms with Crippen LogP contribution in [-0.4, -0.2) is 30.7 Å². The number of nitrogens with zero attached hydrogens (tertiary/aromatic N) is 2. The Bertz CT molecular complexity index is 1070. The van der Waals surface area contributed by atoms with Crippen LogP contribution in [0.2, 0.25) is 0 Å². The number of hydrogen-bond donors (Lipinski definition) is 2. The number of rotatable bonds is 5. The second-order valence-corrected chi connectivity index (χ2v) is 7.80. The van der Waals surface area contributed by atoms with Crippen molar-refractivity contribution >= 4 is 32.7 Å². The maximum atomic E-state index is 12.7. The van der Waals surface area contributed by atoms with Crippen LogP contribution in [-0.2, 0) is 10.0 Å². The van der Waals surface area contributed by atoms with E-state index in [1.807, 2.05) is 13.8 Å². The Morgan fingerprint density at radius 1 is 1.15 bits per heavy atom. The van der Waals surface area contributed by atoms with Gasteiger partial charge in [0.05, 0.1) is 0 Å². The Morgan fingerprint density at radius 2 is 1.92 bits per heavy atom. The van der Waals surface area contributed by atoms with Gasteiger partial charge in [0.25, 0.3) is 15.9 Å². The van der Waals surface area contributed by atoms with E-state index in [0.717, 1.165) is 5.56 Å². The fourth-order valence-electron chi connectivity index (χ4n) is 2.48. The molecule has 1 heterocycles. The standard InChI is InChI=1S/C17H18N4O4S/c1-10(2)18-17(22)13-9-12(8-7-11(13)3)21-26(23,24)15-6-4-5-14-16(15)20-25-19-14/h4-10,21H,1-3H3,(H,18,22). The van der Waals surface area contributed by atoms with E-state index >= 15 is 0 Å². The molecule has 2 N–H and O–H groups in total. The molecule has 3 rings (SSSR count). The minimum atomic E-state index is -3.93. The molecule has 0 spiro atoms. The number of nitrogens with one attached hydrogen (secondary N) is 2. The van der Waals surface area contributed by atoms with E-state index in [0.29, 0.717) is 11.1 Å². The third-order valence-electron chi connectivity index (χ3n) is 3.69. The summed E-state index contributed by atoms with van der Waals surface area (Å²) in [4.78, 5) is 12.2. The summed E-state index contributed by atoms with van der Waals surface area (Å²) in [5.41, 5.74) is 1.91. The van der Waals surface area contributed by atoms with E-state index in [-0.39, 0.29) is 28.0 Å². The number of carbonyl (C=O) groups excluding carboxylic acids is 1. The van der Waals surface area contributed by atoms with Crippen LogP contribution < -0.4 is 10.0 Å². The number of aryl methyl sites for hydroxylation is 1. The van der Waals surface area contributed by atoms with Crippen LogP contribution in [0.1, 0.15) is 29.8 Å². The van der Waals surface area contributed by atoms with Gasteiger partial charge >= 0.3 is 0 Å². The Hall–Kier alpha value is -2.94. The molecule has 8 nitrogen and oxygen atoms in total. The van der Waals surface area contributed by atoms with Crippen molar-refractivity contribution < 1.29 is 17.8 Å². The van der Waals surface area contributed by atoms with E-state index in [2.05, 4.69) is 25.0 Å². The Balaban J connectivity index is 1.95. The lowest BCUT2D eigenvalue weighted by Gasteiger charge is -2.13. The lowest BCUT2D eigenvalue weighted by molar-refractivity contribution is 0.0942. The number of sulfonamides is 1. The summed E-state index contributed by atoms with van der Waals surface area (Å²) in [6, 6.07) is 9.33. The normalized spacial score (nSPS) is 11.7. The van der Waals surface area contributed by atoms with Crippen molar-refractivity contribution in [1.82, 2.24) is 15.6 Å². The molecule has 2 aromatic carbocycles. The zero-order chi connectivity index (χ0) is 18.9. The summed E-state index contributed by atoms with van der Waals surface area (Å²) >= 11 is 0.